The van der Waals surface area contributed by atoms with Crippen LogP contribution >= 0.6 is 0 Å². The highest BCUT2D eigenvalue weighted by molar-refractivity contribution is 5.79. The number of aromatic nitrogens is 2. The van der Waals surface area contributed by atoms with Crippen molar-refractivity contribution in [3.05, 3.63) is 35.0 Å². The van der Waals surface area contributed by atoms with E-state index in [9.17, 15) is 10.1 Å². The molecule has 0 spiro atoms. The van der Waals surface area contributed by atoms with Gasteiger partial charge in [0.2, 0.25) is 11.9 Å². The maximum absolute atomic E-state index is 12.2. The zero-order chi connectivity index (χ0) is 20.4. The molecule has 4 rings (SSSR count). The van der Waals surface area contributed by atoms with E-state index in [0.29, 0.717) is 29.4 Å². The Labute approximate surface area is 170 Å². The van der Waals surface area contributed by atoms with Gasteiger partial charge in [-0.1, -0.05) is 0 Å². The first kappa shape index (κ1) is 19.0. The molecule has 4 N–H and O–H groups in total. The molecular weight excluding hydrogens is 366 g/mol. The zero-order valence-electron chi connectivity index (χ0n) is 16.5. The van der Waals surface area contributed by atoms with E-state index in [1.165, 1.54) is 5.56 Å². The minimum Gasteiger partial charge on any atom is -0.399 e. The fourth-order valence-corrected chi connectivity index (χ4v) is 4.24. The second-order valence-electron chi connectivity index (χ2n) is 7.63. The van der Waals surface area contributed by atoms with Crippen LogP contribution in [-0.2, 0) is 17.6 Å². The van der Waals surface area contributed by atoms with Crippen molar-refractivity contribution in [2.45, 2.75) is 32.1 Å². The number of hydrogen-bond acceptors (Lipinski definition) is 7. The average Bonchev–Trinajstić information content (AvgIpc) is 3.20. The molecule has 2 aliphatic rings. The van der Waals surface area contributed by atoms with Gasteiger partial charge in [0.15, 0.2) is 0 Å². The molecular formula is C21H25N7O. The lowest BCUT2D eigenvalue weighted by Crippen LogP contribution is -2.43. The maximum Gasteiger partial charge on any atom is 0.229 e. The van der Waals surface area contributed by atoms with Crippen molar-refractivity contribution in [2.75, 3.05) is 36.1 Å². The van der Waals surface area contributed by atoms with Crippen molar-refractivity contribution in [3.63, 3.8) is 0 Å². The molecule has 0 bridgehead atoms. The molecule has 2 aromatic rings. The van der Waals surface area contributed by atoms with Crippen LogP contribution in [0.25, 0.3) is 0 Å². The largest absolute Gasteiger partial charge is 0.399 e. The van der Waals surface area contributed by atoms with Gasteiger partial charge in [-0.2, -0.15) is 10.2 Å². The Morgan fingerprint density at radius 2 is 2.14 bits per heavy atom. The van der Waals surface area contributed by atoms with Crippen LogP contribution < -0.4 is 21.3 Å². The Morgan fingerprint density at radius 1 is 1.28 bits per heavy atom. The maximum atomic E-state index is 12.2. The second kappa shape index (κ2) is 7.95. The molecule has 1 aromatic heterocycles. The van der Waals surface area contributed by atoms with E-state index in [4.69, 9.17) is 15.7 Å². The van der Waals surface area contributed by atoms with Gasteiger partial charge in [0.1, 0.15) is 5.82 Å². The summed E-state index contributed by atoms with van der Waals surface area (Å²) in [7, 11) is 1.69. The molecule has 0 saturated carbocycles. The van der Waals surface area contributed by atoms with Gasteiger partial charge in [-0.25, -0.2) is 4.98 Å². The van der Waals surface area contributed by atoms with Gasteiger partial charge in [0.25, 0.3) is 0 Å². The Balaban J connectivity index is 1.65. The fraction of sp³-hybridized carbons (Fsp3) is 0.429. The highest BCUT2D eigenvalue weighted by Gasteiger charge is 2.29. The molecule has 1 amide bonds. The van der Waals surface area contributed by atoms with Gasteiger partial charge in [0.05, 0.1) is 23.2 Å². The van der Waals surface area contributed by atoms with Gasteiger partial charge in [0, 0.05) is 37.1 Å². The molecule has 8 heteroatoms. The lowest BCUT2D eigenvalue weighted by Gasteiger charge is -2.34. The monoisotopic (exact) mass is 391 g/mol. The molecule has 1 saturated heterocycles. The Hall–Kier alpha value is -3.34. The van der Waals surface area contributed by atoms with Gasteiger partial charge < -0.3 is 21.3 Å². The predicted molar refractivity (Wildman–Crippen MR) is 112 cm³/mol. The topological polar surface area (TPSA) is 120 Å². The molecule has 1 aliphatic carbocycles. The molecule has 1 atom stereocenters. The van der Waals surface area contributed by atoms with Crippen LogP contribution in [-0.4, -0.2) is 36.0 Å². The third-order valence-electron chi connectivity index (χ3n) is 5.59. The number of rotatable bonds is 4. The van der Waals surface area contributed by atoms with Crippen molar-refractivity contribution in [1.82, 2.24) is 15.3 Å². The van der Waals surface area contributed by atoms with Crippen LogP contribution in [0.3, 0.4) is 0 Å². The van der Waals surface area contributed by atoms with E-state index >= 15 is 0 Å². The molecule has 0 unspecified atom stereocenters. The second-order valence-corrected chi connectivity index (χ2v) is 7.63. The number of nitrogen functional groups attached to an aromatic ring is 1. The summed E-state index contributed by atoms with van der Waals surface area (Å²) >= 11 is 0. The van der Waals surface area contributed by atoms with E-state index < -0.39 is 0 Å². The van der Waals surface area contributed by atoms with Crippen molar-refractivity contribution in [2.24, 2.45) is 5.92 Å². The van der Waals surface area contributed by atoms with Crippen LogP contribution in [0.4, 0.5) is 23.1 Å². The number of fused-ring (bicyclic) bond motifs is 1. The van der Waals surface area contributed by atoms with Crippen LogP contribution in [0.15, 0.2) is 18.2 Å². The summed E-state index contributed by atoms with van der Waals surface area (Å²) in [6.07, 6.45) is 4.80. The number of piperidine rings is 1. The molecule has 150 valence electrons. The Morgan fingerprint density at radius 3 is 2.93 bits per heavy atom. The Bertz CT molecular complexity index is 982. The van der Waals surface area contributed by atoms with Crippen molar-refractivity contribution in [3.8, 4) is 6.07 Å². The predicted octanol–water partition coefficient (Wildman–Crippen LogP) is 2.13. The number of nitriles is 1. The van der Waals surface area contributed by atoms with Gasteiger partial charge >= 0.3 is 0 Å². The smallest absolute Gasteiger partial charge is 0.229 e. The fourth-order valence-electron chi connectivity index (χ4n) is 4.24. The molecule has 1 aliphatic heterocycles. The number of aryl methyl sites for hydroxylation is 1. The number of amides is 1. The highest BCUT2D eigenvalue weighted by atomic mass is 16.1. The lowest BCUT2D eigenvalue weighted by molar-refractivity contribution is -0.124. The van der Waals surface area contributed by atoms with Crippen LogP contribution in [0.2, 0.25) is 0 Å². The SMILES string of the molecule is CNC(=O)[C@@H]1CCCN(c2nc(Nc3cc(N)cc(C#N)c3)nc3c2CCC3)C1. The van der Waals surface area contributed by atoms with Gasteiger partial charge in [-0.3, -0.25) is 4.79 Å². The summed E-state index contributed by atoms with van der Waals surface area (Å²) in [5, 5.41) is 15.2. The van der Waals surface area contributed by atoms with Crippen LogP contribution in [0.1, 0.15) is 36.1 Å². The lowest BCUT2D eigenvalue weighted by atomic mass is 9.97. The summed E-state index contributed by atoms with van der Waals surface area (Å²) in [4.78, 5) is 23.9. The molecule has 1 aromatic carbocycles. The Kier molecular flexibility index (Phi) is 5.21. The third kappa shape index (κ3) is 3.94. The zero-order valence-corrected chi connectivity index (χ0v) is 16.5. The van der Waals surface area contributed by atoms with Crippen LogP contribution in [0, 0.1) is 17.2 Å². The minimum atomic E-state index is -0.0238. The van der Waals surface area contributed by atoms with Crippen LogP contribution in [0.5, 0.6) is 0 Å². The summed E-state index contributed by atoms with van der Waals surface area (Å²) < 4.78 is 0. The van der Waals surface area contributed by atoms with E-state index in [1.54, 1.807) is 25.2 Å². The molecule has 29 heavy (non-hydrogen) atoms. The van der Waals surface area contributed by atoms with Crippen molar-refractivity contribution < 1.29 is 4.79 Å². The standard InChI is InChI=1S/C21H25N7O/c1-24-20(29)14-4-3-7-28(12-14)19-17-5-2-6-18(17)26-21(27-19)25-16-9-13(11-22)8-15(23)10-16/h8-10,14H,2-7,12,23H2,1H3,(H,24,29)(H,25,26,27)/t14-/m1/s1. The van der Waals surface area contributed by atoms with E-state index in [1.807, 2.05) is 0 Å². The first-order valence-corrected chi connectivity index (χ1v) is 10.0. The minimum absolute atomic E-state index is 0.0238. The summed E-state index contributed by atoms with van der Waals surface area (Å²) in [5.74, 6) is 1.48. The third-order valence-corrected chi connectivity index (χ3v) is 5.59. The number of hydrogen-bond donors (Lipinski definition) is 3. The number of nitrogens with one attached hydrogen (secondary N) is 2. The number of carbonyl (C=O) groups is 1. The highest BCUT2D eigenvalue weighted by Crippen LogP contribution is 2.33. The number of nitrogens with zero attached hydrogens (tertiary/aromatic N) is 4. The molecule has 2 heterocycles. The van der Waals surface area contributed by atoms with E-state index in [-0.39, 0.29) is 11.8 Å². The normalized spacial score (nSPS) is 18.1. The summed E-state index contributed by atoms with van der Waals surface area (Å²) in [6, 6.07) is 7.24. The molecule has 0 radical (unpaired) electrons. The van der Waals surface area contributed by atoms with E-state index in [2.05, 4.69) is 21.6 Å². The number of nitrogens with two attached hydrogens (primary N) is 1. The number of carbonyl (C=O) groups excluding carboxylic acids is 1. The first-order chi connectivity index (χ1) is 14.1. The average molecular weight is 391 g/mol. The molecule has 8 nitrogen and oxygen atoms in total. The van der Waals surface area contributed by atoms with Gasteiger partial charge in [-0.15, -0.1) is 0 Å². The number of benzene rings is 1. The van der Waals surface area contributed by atoms with E-state index in [0.717, 1.165) is 50.2 Å². The number of anilines is 4. The summed E-state index contributed by atoms with van der Waals surface area (Å²) in [6.45, 7) is 1.55. The summed E-state index contributed by atoms with van der Waals surface area (Å²) in [5.41, 5.74) is 9.84. The van der Waals surface area contributed by atoms with Crippen molar-refractivity contribution >= 4 is 29.0 Å². The van der Waals surface area contributed by atoms with Gasteiger partial charge in [-0.05, 0) is 50.3 Å². The quantitative estimate of drug-likeness (QED) is 0.683. The van der Waals surface area contributed by atoms with Crippen molar-refractivity contribution in [1.29, 1.82) is 5.26 Å². The molecule has 1 fully saturated rings. The first-order valence-electron chi connectivity index (χ1n) is 10.0.